The average molecular weight is 350 g/mol. The Morgan fingerprint density at radius 1 is 1.00 bits per heavy atom. The minimum atomic E-state index is -4.46. The van der Waals surface area contributed by atoms with Crippen molar-refractivity contribution in [2.45, 2.75) is 18.6 Å². The van der Waals surface area contributed by atoms with E-state index in [1.165, 1.54) is 12.1 Å². The first kappa shape index (κ1) is 16.8. The molecule has 8 heteroatoms. The number of nitrogens with one attached hydrogen (secondary N) is 2. The smallest absolute Gasteiger partial charge is 0.416 e. The molecule has 130 valence electrons. The number of amides is 3. The quantitative estimate of drug-likeness (QED) is 0.886. The number of benzene rings is 2. The van der Waals surface area contributed by atoms with E-state index in [9.17, 15) is 22.8 Å². The highest BCUT2D eigenvalue weighted by molar-refractivity contribution is 5.97. The number of rotatable bonds is 3. The molecule has 1 atom stereocenters. The largest absolute Gasteiger partial charge is 0.457 e. The van der Waals surface area contributed by atoms with Crippen LogP contribution in [-0.2, 0) is 11.0 Å². The van der Waals surface area contributed by atoms with Crippen molar-refractivity contribution in [3.63, 3.8) is 0 Å². The molecule has 5 nitrogen and oxygen atoms in total. The maximum absolute atomic E-state index is 12.8. The summed E-state index contributed by atoms with van der Waals surface area (Å²) in [6.45, 7) is 0. The Morgan fingerprint density at radius 2 is 1.68 bits per heavy atom. The molecule has 2 N–H and O–H groups in total. The highest BCUT2D eigenvalue weighted by atomic mass is 19.4. The molecule has 3 rings (SSSR count). The monoisotopic (exact) mass is 350 g/mol. The molecule has 0 radical (unpaired) electrons. The van der Waals surface area contributed by atoms with E-state index in [2.05, 4.69) is 10.6 Å². The number of halogens is 3. The van der Waals surface area contributed by atoms with Crippen LogP contribution in [0, 0.1) is 0 Å². The van der Waals surface area contributed by atoms with Gasteiger partial charge in [-0.1, -0.05) is 18.2 Å². The summed E-state index contributed by atoms with van der Waals surface area (Å²) in [7, 11) is 0. The van der Waals surface area contributed by atoms with Crippen LogP contribution in [0.25, 0.3) is 0 Å². The Bertz CT molecular complexity index is 805. The van der Waals surface area contributed by atoms with Crippen LogP contribution in [0.15, 0.2) is 48.5 Å². The summed E-state index contributed by atoms with van der Waals surface area (Å²) in [6, 6.07) is 9.90. The van der Waals surface area contributed by atoms with Crippen LogP contribution in [-0.4, -0.2) is 11.9 Å². The molecule has 0 saturated carbocycles. The summed E-state index contributed by atoms with van der Waals surface area (Å²) >= 11 is 0. The molecule has 1 heterocycles. The number of carbonyl (C=O) groups excluding carboxylic acids is 2. The molecular formula is C17H13F3N2O3. The topological polar surface area (TPSA) is 67.4 Å². The minimum absolute atomic E-state index is 0.0393. The summed E-state index contributed by atoms with van der Waals surface area (Å²) < 4.78 is 43.7. The lowest BCUT2D eigenvalue weighted by atomic mass is 10.0. The molecule has 0 unspecified atom stereocenters. The van der Waals surface area contributed by atoms with Crippen molar-refractivity contribution in [3.8, 4) is 11.5 Å². The third-order valence-electron chi connectivity index (χ3n) is 3.61. The Balaban J connectivity index is 1.80. The van der Waals surface area contributed by atoms with E-state index >= 15 is 0 Å². The number of carbonyl (C=O) groups is 2. The van der Waals surface area contributed by atoms with E-state index in [0.717, 1.165) is 12.1 Å². The molecule has 2 aromatic rings. The molecular weight excluding hydrogens is 337 g/mol. The zero-order valence-corrected chi connectivity index (χ0v) is 12.8. The first-order valence-corrected chi connectivity index (χ1v) is 7.37. The fourth-order valence-corrected chi connectivity index (χ4v) is 2.48. The van der Waals surface area contributed by atoms with Gasteiger partial charge in [0.1, 0.15) is 11.5 Å². The van der Waals surface area contributed by atoms with Gasteiger partial charge < -0.3 is 10.1 Å². The maximum atomic E-state index is 12.8. The average Bonchev–Trinajstić information content (AvgIpc) is 2.54. The molecule has 1 fully saturated rings. The SMILES string of the molecule is O=C1C[C@@H](c2cccc(Oc3cccc(C(F)(F)F)c3)c2)NC(=O)N1. The Morgan fingerprint density at radius 3 is 2.36 bits per heavy atom. The molecule has 2 aromatic carbocycles. The molecule has 0 aromatic heterocycles. The number of imide groups is 1. The van der Waals surface area contributed by atoms with Crippen molar-refractivity contribution < 1.29 is 27.5 Å². The molecule has 0 aliphatic carbocycles. The third-order valence-corrected chi connectivity index (χ3v) is 3.61. The molecule has 1 aliphatic heterocycles. The predicted octanol–water partition coefficient (Wildman–Crippen LogP) is 3.77. The number of alkyl halides is 3. The van der Waals surface area contributed by atoms with Gasteiger partial charge in [-0.2, -0.15) is 13.2 Å². The second kappa shape index (κ2) is 6.46. The molecule has 0 spiro atoms. The van der Waals surface area contributed by atoms with Gasteiger partial charge in [0.05, 0.1) is 18.0 Å². The summed E-state index contributed by atoms with van der Waals surface area (Å²) in [4.78, 5) is 22.8. The zero-order chi connectivity index (χ0) is 18.0. The van der Waals surface area contributed by atoms with E-state index in [0.29, 0.717) is 11.3 Å². The normalized spacial score (nSPS) is 17.6. The van der Waals surface area contributed by atoms with Gasteiger partial charge in [-0.25, -0.2) is 4.79 Å². The predicted molar refractivity (Wildman–Crippen MR) is 82.0 cm³/mol. The number of hydrogen-bond donors (Lipinski definition) is 2. The molecule has 1 aliphatic rings. The summed E-state index contributed by atoms with van der Waals surface area (Å²) in [5.41, 5.74) is -0.190. The number of hydrogen-bond acceptors (Lipinski definition) is 3. The van der Waals surface area contributed by atoms with Crippen molar-refractivity contribution >= 4 is 11.9 Å². The van der Waals surface area contributed by atoms with Crippen LogP contribution in [0.1, 0.15) is 23.6 Å². The molecule has 25 heavy (non-hydrogen) atoms. The second-order valence-corrected chi connectivity index (χ2v) is 5.48. The van der Waals surface area contributed by atoms with Crippen LogP contribution >= 0.6 is 0 Å². The standard InChI is InChI=1S/C17H13F3N2O3/c18-17(19,20)11-4-2-6-13(8-11)25-12-5-1-3-10(7-12)14-9-15(23)22-16(24)21-14/h1-8,14H,9H2,(H2,21,22,23,24)/t14-/m0/s1. The van der Waals surface area contributed by atoms with Gasteiger partial charge in [-0.15, -0.1) is 0 Å². The van der Waals surface area contributed by atoms with E-state index in [1.54, 1.807) is 24.3 Å². The second-order valence-electron chi connectivity index (χ2n) is 5.48. The Hall–Kier alpha value is -3.03. The van der Waals surface area contributed by atoms with Gasteiger partial charge in [-0.3, -0.25) is 10.1 Å². The van der Waals surface area contributed by atoms with E-state index in [1.807, 2.05) is 0 Å². The van der Waals surface area contributed by atoms with E-state index in [-0.39, 0.29) is 12.2 Å². The summed E-state index contributed by atoms with van der Waals surface area (Å²) in [6.07, 6.45) is -4.39. The number of urea groups is 1. The highest BCUT2D eigenvalue weighted by Gasteiger charge is 2.30. The lowest BCUT2D eigenvalue weighted by Gasteiger charge is -2.23. The molecule has 3 amide bonds. The van der Waals surface area contributed by atoms with E-state index < -0.39 is 29.7 Å². The van der Waals surface area contributed by atoms with Gasteiger partial charge in [0.2, 0.25) is 5.91 Å². The van der Waals surface area contributed by atoms with Crippen LogP contribution < -0.4 is 15.4 Å². The minimum Gasteiger partial charge on any atom is -0.457 e. The maximum Gasteiger partial charge on any atom is 0.416 e. The van der Waals surface area contributed by atoms with Crippen LogP contribution in [0.5, 0.6) is 11.5 Å². The van der Waals surface area contributed by atoms with Crippen molar-refractivity contribution in [2.24, 2.45) is 0 Å². The molecule has 0 bridgehead atoms. The summed E-state index contributed by atoms with van der Waals surface area (Å²) in [5.74, 6) is -0.0626. The number of ether oxygens (including phenoxy) is 1. The van der Waals surface area contributed by atoms with Crippen molar-refractivity contribution in [2.75, 3.05) is 0 Å². The van der Waals surface area contributed by atoms with Crippen LogP contribution in [0.3, 0.4) is 0 Å². The van der Waals surface area contributed by atoms with E-state index in [4.69, 9.17) is 4.74 Å². The van der Waals surface area contributed by atoms with Gasteiger partial charge in [0.25, 0.3) is 0 Å². The first-order chi connectivity index (χ1) is 11.8. The fraction of sp³-hybridized carbons (Fsp3) is 0.176. The van der Waals surface area contributed by atoms with Crippen molar-refractivity contribution in [1.29, 1.82) is 0 Å². The fourth-order valence-electron chi connectivity index (χ4n) is 2.48. The Labute approximate surface area is 140 Å². The van der Waals surface area contributed by atoms with Crippen molar-refractivity contribution in [1.82, 2.24) is 10.6 Å². The zero-order valence-electron chi connectivity index (χ0n) is 12.8. The van der Waals surface area contributed by atoms with Gasteiger partial charge in [0, 0.05) is 0 Å². The third kappa shape index (κ3) is 4.09. The van der Waals surface area contributed by atoms with Crippen LogP contribution in [0.2, 0.25) is 0 Å². The van der Waals surface area contributed by atoms with Gasteiger partial charge in [-0.05, 0) is 35.9 Å². The Kier molecular flexibility index (Phi) is 4.35. The first-order valence-electron chi connectivity index (χ1n) is 7.37. The molecule has 1 saturated heterocycles. The lowest BCUT2D eigenvalue weighted by Crippen LogP contribution is -2.48. The summed E-state index contributed by atoms with van der Waals surface area (Å²) in [5, 5.41) is 4.73. The van der Waals surface area contributed by atoms with Crippen molar-refractivity contribution in [3.05, 3.63) is 59.7 Å². The highest BCUT2D eigenvalue weighted by Crippen LogP contribution is 2.33. The van der Waals surface area contributed by atoms with Gasteiger partial charge >= 0.3 is 12.2 Å². The van der Waals surface area contributed by atoms with Gasteiger partial charge in [0.15, 0.2) is 0 Å². The lowest BCUT2D eigenvalue weighted by molar-refractivity contribution is -0.137. The van der Waals surface area contributed by atoms with Crippen LogP contribution in [0.4, 0.5) is 18.0 Å².